The largest absolute Gasteiger partial charge is 0.464 e. The van der Waals surface area contributed by atoms with Gasteiger partial charge in [-0.15, -0.1) is 0 Å². The normalized spacial score (nSPS) is 14.7. The summed E-state index contributed by atoms with van der Waals surface area (Å²) in [7, 11) is 0. The Morgan fingerprint density at radius 3 is 2.89 bits per heavy atom. The Balaban J connectivity index is 1.65. The number of aryl methyl sites for hydroxylation is 1. The highest BCUT2D eigenvalue weighted by Gasteiger charge is 2.22. The van der Waals surface area contributed by atoms with E-state index in [2.05, 4.69) is 28.7 Å². The van der Waals surface area contributed by atoms with Gasteiger partial charge in [-0.2, -0.15) is 0 Å². The molecule has 0 aliphatic carbocycles. The van der Waals surface area contributed by atoms with E-state index in [0.717, 1.165) is 17.8 Å². The molecule has 2 aromatic heterocycles. The molecule has 3 aromatic rings. The quantitative estimate of drug-likeness (QED) is 0.772. The smallest absolute Gasteiger partial charge is 0.255 e. The van der Waals surface area contributed by atoms with Crippen molar-refractivity contribution in [2.45, 2.75) is 46.2 Å². The number of aromatic amines is 1. The Bertz CT molecular complexity index is 1130. The van der Waals surface area contributed by atoms with Crippen LogP contribution in [0.25, 0.3) is 11.0 Å². The van der Waals surface area contributed by atoms with Crippen molar-refractivity contribution < 1.29 is 4.42 Å². The number of H-pyrrole nitrogens is 1. The zero-order valence-corrected chi connectivity index (χ0v) is 15.8. The summed E-state index contributed by atoms with van der Waals surface area (Å²) in [6.45, 7) is 7.70. The van der Waals surface area contributed by atoms with Gasteiger partial charge in [0, 0.05) is 31.6 Å². The zero-order valence-electron chi connectivity index (χ0n) is 15.8. The molecule has 0 unspecified atom stereocenters. The molecule has 4 rings (SSSR count). The van der Waals surface area contributed by atoms with Crippen LogP contribution in [0.3, 0.4) is 0 Å². The molecule has 1 aromatic carbocycles. The van der Waals surface area contributed by atoms with Gasteiger partial charge in [-0.25, -0.2) is 4.98 Å². The SMILES string of the molecule is Cc1nc2c(c(=O)[nH]1)CN(Cc1coc3ccc(C(C)C)cc3c1=O)CC2. The molecule has 0 radical (unpaired) electrons. The first-order chi connectivity index (χ1) is 12.9. The minimum absolute atomic E-state index is 0.000451. The Morgan fingerprint density at radius 1 is 1.30 bits per heavy atom. The lowest BCUT2D eigenvalue weighted by Gasteiger charge is -2.27. The second-order valence-corrected chi connectivity index (χ2v) is 7.54. The van der Waals surface area contributed by atoms with Gasteiger partial charge in [0.05, 0.1) is 22.9 Å². The number of fused-ring (bicyclic) bond motifs is 2. The van der Waals surface area contributed by atoms with E-state index >= 15 is 0 Å². The molecule has 6 heteroatoms. The summed E-state index contributed by atoms with van der Waals surface area (Å²) in [6, 6.07) is 5.79. The van der Waals surface area contributed by atoms with Crippen LogP contribution in [0.1, 0.15) is 48.0 Å². The number of hydrogen-bond acceptors (Lipinski definition) is 5. The minimum atomic E-state index is -0.0886. The third-order valence-electron chi connectivity index (χ3n) is 5.19. The fraction of sp³-hybridized carbons (Fsp3) is 0.381. The van der Waals surface area contributed by atoms with E-state index in [9.17, 15) is 9.59 Å². The predicted molar refractivity (Wildman–Crippen MR) is 104 cm³/mol. The molecule has 1 N–H and O–H groups in total. The van der Waals surface area contributed by atoms with Gasteiger partial charge in [0.15, 0.2) is 5.43 Å². The first kappa shape index (κ1) is 17.7. The molecule has 140 valence electrons. The van der Waals surface area contributed by atoms with Crippen LogP contribution >= 0.6 is 0 Å². The van der Waals surface area contributed by atoms with Crippen LogP contribution in [-0.2, 0) is 19.5 Å². The molecular formula is C21H23N3O3. The summed E-state index contributed by atoms with van der Waals surface area (Å²) in [6.07, 6.45) is 2.25. The summed E-state index contributed by atoms with van der Waals surface area (Å²) >= 11 is 0. The van der Waals surface area contributed by atoms with Crippen molar-refractivity contribution >= 4 is 11.0 Å². The lowest BCUT2D eigenvalue weighted by molar-refractivity contribution is 0.239. The molecule has 0 spiro atoms. The topological polar surface area (TPSA) is 79.2 Å². The monoisotopic (exact) mass is 365 g/mol. The van der Waals surface area contributed by atoms with Gasteiger partial charge in [-0.3, -0.25) is 14.5 Å². The van der Waals surface area contributed by atoms with E-state index in [4.69, 9.17) is 4.42 Å². The molecule has 27 heavy (non-hydrogen) atoms. The van der Waals surface area contributed by atoms with Crippen LogP contribution in [-0.4, -0.2) is 21.4 Å². The van der Waals surface area contributed by atoms with E-state index < -0.39 is 0 Å². The fourth-order valence-corrected chi connectivity index (χ4v) is 3.64. The van der Waals surface area contributed by atoms with E-state index in [1.165, 1.54) is 0 Å². The Labute approximate surface area is 156 Å². The molecule has 3 heterocycles. The molecular weight excluding hydrogens is 342 g/mol. The standard InChI is InChI=1S/C21H23N3O3/c1-12(2)14-4-5-19-16(8-14)20(25)15(11-27-19)9-24-7-6-18-17(10-24)21(26)23-13(3)22-18/h4-5,8,11-12H,6-7,9-10H2,1-3H3,(H,22,23,26). The predicted octanol–water partition coefficient (Wildman–Crippen LogP) is 2.87. The number of nitrogens with one attached hydrogen (secondary N) is 1. The Kier molecular flexibility index (Phi) is 4.44. The fourth-order valence-electron chi connectivity index (χ4n) is 3.64. The third kappa shape index (κ3) is 3.32. The van der Waals surface area contributed by atoms with E-state index in [0.29, 0.717) is 53.3 Å². The van der Waals surface area contributed by atoms with Gasteiger partial charge < -0.3 is 9.40 Å². The van der Waals surface area contributed by atoms with Crippen molar-refractivity contribution in [1.82, 2.24) is 14.9 Å². The summed E-state index contributed by atoms with van der Waals surface area (Å²) < 4.78 is 5.70. The van der Waals surface area contributed by atoms with Crippen molar-refractivity contribution in [1.29, 1.82) is 0 Å². The van der Waals surface area contributed by atoms with Crippen LogP contribution in [0, 0.1) is 6.92 Å². The minimum Gasteiger partial charge on any atom is -0.464 e. The lowest BCUT2D eigenvalue weighted by atomic mass is 10.0. The van der Waals surface area contributed by atoms with E-state index in [1.54, 1.807) is 13.2 Å². The highest BCUT2D eigenvalue weighted by Crippen LogP contribution is 2.21. The van der Waals surface area contributed by atoms with Gasteiger partial charge in [0.25, 0.3) is 5.56 Å². The summed E-state index contributed by atoms with van der Waals surface area (Å²) in [5.41, 5.74) is 3.80. The lowest BCUT2D eigenvalue weighted by Crippen LogP contribution is -2.36. The van der Waals surface area contributed by atoms with Crippen molar-refractivity contribution in [3.63, 3.8) is 0 Å². The van der Waals surface area contributed by atoms with Gasteiger partial charge in [-0.1, -0.05) is 19.9 Å². The number of aromatic nitrogens is 2. The maximum atomic E-state index is 13.0. The molecule has 0 saturated carbocycles. The van der Waals surface area contributed by atoms with Crippen LogP contribution in [0.4, 0.5) is 0 Å². The third-order valence-corrected chi connectivity index (χ3v) is 5.19. The molecule has 1 aliphatic rings. The van der Waals surface area contributed by atoms with Crippen molar-refractivity contribution in [2.75, 3.05) is 6.54 Å². The maximum absolute atomic E-state index is 13.0. The Hall–Kier alpha value is -2.73. The van der Waals surface area contributed by atoms with E-state index in [1.807, 2.05) is 18.2 Å². The molecule has 0 saturated heterocycles. The Morgan fingerprint density at radius 2 is 2.11 bits per heavy atom. The average molecular weight is 365 g/mol. The van der Waals surface area contributed by atoms with Crippen LogP contribution in [0.5, 0.6) is 0 Å². The van der Waals surface area contributed by atoms with Crippen molar-refractivity contribution in [3.8, 4) is 0 Å². The number of benzene rings is 1. The maximum Gasteiger partial charge on any atom is 0.255 e. The van der Waals surface area contributed by atoms with Gasteiger partial charge in [0.2, 0.25) is 0 Å². The number of hydrogen-bond donors (Lipinski definition) is 1. The van der Waals surface area contributed by atoms with Gasteiger partial charge in [-0.05, 0) is 30.5 Å². The van der Waals surface area contributed by atoms with Crippen molar-refractivity contribution in [3.05, 3.63) is 73.2 Å². The summed E-state index contributed by atoms with van der Waals surface area (Å²) in [5, 5.41) is 0.617. The first-order valence-corrected chi connectivity index (χ1v) is 9.27. The van der Waals surface area contributed by atoms with Crippen LogP contribution in [0.2, 0.25) is 0 Å². The highest BCUT2D eigenvalue weighted by atomic mass is 16.3. The second-order valence-electron chi connectivity index (χ2n) is 7.54. The van der Waals surface area contributed by atoms with Crippen LogP contribution in [0.15, 0.2) is 38.5 Å². The second kappa shape index (κ2) is 6.78. The van der Waals surface area contributed by atoms with Crippen LogP contribution < -0.4 is 11.0 Å². The molecule has 1 aliphatic heterocycles. The van der Waals surface area contributed by atoms with Gasteiger partial charge >= 0.3 is 0 Å². The molecule has 0 atom stereocenters. The van der Waals surface area contributed by atoms with Gasteiger partial charge in [0.1, 0.15) is 11.4 Å². The highest BCUT2D eigenvalue weighted by molar-refractivity contribution is 5.77. The molecule has 0 bridgehead atoms. The molecule has 0 fully saturated rings. The number of rotatable bonds is 3. The number of nitrogens with zero attached hydrogens (tertiary/aromatic N) is 2. The molecule has 0 amide bonds. The van der Waals surface area contributed by atoms with E-state index in [-0.39, 0.29) is 11.0 Å². The van der Waals surface area contributed by atoms with Crippen molar-refractivity contribution in [2.24, 2.45) is 0 Å². The average Bonchev–Trinajstić information content (AvgIpc) is 2.64. The molecule has 6 nitrogen and oxygen atoms in total. The summed E-state index contributed by atoms with van der Waals surface area (Å²) in [5.74, 6) is 0.988. The zero-order chi connectivity index (χ0) is 19.1. The first-order valence-electron chi connectivity index (χ1n) is 9.27. The summed E-state index contributed by atoms with van der Waals surface area (Å²) in [4.78, 5) is 34.5.